The molecule has 0 fully saturated rings. The first kappa shape index (κ1) is 12.1. The summed E-state index contributed by atoms with van der Waals surface area (Å²) in [5.41, 5.74) is 9.71. The smallest absolute Gasteiger partial charge is 0.0913 e. The van der Waals surface area contributed by atoms with E-state index in [0.29, 0.717) is 11.6 Å². The number of para-hydroxylation sites is 1. The molecule has 0 radical (unpaired) electrons. The fourth-order valence-electron chi connectivity index (χ4n) is 2.15. The van der Waals surface area contributed by atoms with Crippen molar-refractivity contribution in [1.29, 1.82) is 0 Å². The first-order valence-electron chi connectivity index (χ1n) is 5.51. The zero-order valence-corrected chi connectivity index (χ0v) is 11.0. The van der Waals surface area contributed by atoms with Crippen LogP contribution in [0.4, 0.5) is 5.69 Å². The Morgan fingerprint density at radius 1 is 1.35 bits per heavy atom. The van der Waals surface area contributed by atoms with Crippen molar-refractivity contribution in [2.24, 2.45) is 5.73 Å². The normalized spacial score (nSPS) is 10.9. The Morgan fingerprint density at radius 2 is 2.06 bits per heavy atom. The molecule has 1 aromatic heterocycles. The molecule has 4 heteroatoms. The minimum atomic E-state index is 0.424. The first-order chi connectivity index (χ1) is 8.06. The van der Waals surface area contributed by atoms with E-state index in [9.17, 15) is 0 Å². The van der Waals surface area contributed by atoms with Gasteiger partial charge in [-0.05, 0) is 18.6 Å². The average Bonchev–Trinajstić information content (AvgIpc) is 2.28. The van der Waals surface area contributed by atoms with Gasteiger partial charge >= 0.3 is 0 Å². The van der Waals surface area contributed by atoms with Gasteiger partial charge in [-0.3, -0.25) is 0 Å². The minimum absolute atomic E-state index is 0.424. The first-order valence-corrected chi connectivity index (χ1v) is 5.89. The van der Waals surface area contributed by atoms with Crippen molar-refractivity contribution in [3.05, 3.63) is 34.5 Å². The van der Waals surface area contributed by atoms with Gasteiger partial charge in [0, 0.05) is 26.0 Å². The third-order valence-electron chi connectivity index (χ3n) is 2.92. The molecule has 0 atom stereocenters. The van der Waals surface area contributed by atoms with Crippen LogP contribution in [0.3, 0.4) is 0 Å². The maximum absolute atomic E-state index is 6.19. The van der Waals surface area contributed by atoms with E-state index in [0.717, 1.165) is 27.8 Å². The Morgan fingerprint density at radius 3 is 2.65 bits per heavy atom. The Hall–Kier alpha value is -1.32. The summed E-state index contributed by atoms with van der Waals surface area (Å²) in [5, 5.41) is 1.73. The number of benzene rings is 1. The number of rotatable bonds is 2. The number of fused-ring (bicyclic) bond motifs is 1. The fraction of sp³-hybridized carbons (Fsp3) is 0.308. The topological polar surface area (TPSA) is 42.1 Å². The van der Waals surface area contributed by atoms with Gasteiger partial charge in [0.25, 0.3) is 0 Å². The van der Waals surface area contributed by atoms with E-state index in [-0.39, 0.29) is 0 Å². The number of nitrogens with zero attached hydrogens (tertiary/aromatic N) is 2. The molecule has 3 nitrogen and oxygen atoms in total. The molecule has 2 rings (SSSR count). The molecular weight excluding hydrogens is 234 g/mol. The van der Waals surface area contributed by atoms with Gasteiger partial charge in [0.1, 0.15) is 0 Å². The van der Waals surface area contributed by atoms with Gasteiger partial charge in [-0.15, -0.1) is 0 Å². The van der Waals surface area contributed by atoms with Gasteiger partial charge in [-0.2, -0.15) is 0 Å². The Labute approximate surface area is 106 Å². The van der Waals surface area contributed by atoms with Crippen molar-refractivity contribution in [3.8, 4) is 0 Å². The van der Waals surface area contributed by atoms with Crippen LogP contribution in [0.1, 0.15) is 11.3 Å². The zero-order valence-electron chi connectivity index (χ0n) is 10.3. The summed E-state index contributed by atoms with van der Waals surface area (Å²) in [4.78, 5) is 6.63. The molecular formula is C13H16ClN3. The predicted octanol–water partition coefficient (Wildman–Crippen LogP) is 2.72. The molecule has 0 bridgehead atoms. The minimum Gasteiger partial charge on any atom is -0.377 e. The van der Waals surface area contributed by atoms with E-state index >= 15 is 0 Å². The van der Waals surface area contributed by atoms with Crippen molar-refractivity contribution in [2.75, 3.05) is 19.0 Å². The van der Waals surface area contributed by atoms with Crippen LogP contribution in [-0.4, -0.2) is 19.1 Å². The third kappa shape index (κ3) is 1.96. The Kier molecular flexibility index (Phi) is 3.22. The van der Waals surface area contributed by atoms with Crippen LogP contribution in [0.2, 0.25) is 5.02 Å². The third-order valence-corrected chi connectivity index (χ3v) is 3.22. The summed E-state index contributed by atoms with van der Waals surface area (Å²) < 4.78 is 0. The number of anilines is 1. The number of hydrogen-bond acceptors (Lipinski definition) is 3. The Balaban J connectivity index is 2.92. The molecule has 17 heavy (non-hydrogen) atoms. The molecule has 90 valence electrons. The molecule has 0 aliphatic carbocycles. The summed E-state index contributed by atoms with van der Waals surface area (Å²) in [5.74, 6) is 0. The van der Waals surface area contributed by atoms with Crippen LogP contribution in [0.25, 0.3) is 10.9 Å². The summed E-state index contributed by atoms with van der Waals surface area (Å²) in [6, 6.07) is 5.84. The molecule has 0 aliphatic rings. The van der Waals surface area contributed by atoms with E-state index in [1.807, 2.05) is 39.2 Å². The predicted molar refractivity (Wildman–Crippen MR) is 73.7 cm³/mol. The maximum atomic E-state index is 6.19. The summed E-state index contributed by atoms with van der Waals surface area (Å²) in [6.45, 7) is 2.47. The van der Waals surface area contributed by atoms with Crippen molar-refractivity contribution < 1.29 is 0 Å². The monoisotopic (exact) mass is 249 g/mol. The molecule has 0 amide bonds. The second kappa shape index (κ2) is 4.51. The van der Waals surface area contributed by atoms with Gasteiger partial charge < -0.3 is 10.6 Å². The largest absolute Gasteiger partial charge is 0.377 e. The lowest BCUT2D eigenvalue weighted by atomic mass is 10.1. The quantitative estimate of drug-likeness (QED) is 0.890. The van der Waals surface area contributed by atoms with Crippen LogP contribution in [0, 0.1) is 6.92 Å². The SMILES string of the molecule is Cc1c(CN)nc2c(Cl)cccc2c1N(C)C. The zero-order chi connectivity index (χ0) is 12.6. The molecule has 2 aromatic rings. The van der Waals surface area contributed by atoms with Crippen molar-refractivity contribution in [2.45, 2.75) is 13.5 Å². The van der Waals surface area contributed by atoms with Crippen LogP contribution in [-0.2, 0) is 6.54 Å². The summed E-state index contributed by atoms with van der Waals surface area (Å²) in [7, 11) is 4.03. The molecule has 1 heterocycles. The molecule has 0 spiro atoms. The highest BCUT2D eigenvalue weighted by Crippen LogP contribution is 2.33. The number of halogens is 1. The lowest BCUT2D eigenvalue weighted by molar-refractivity contribution is 0.974. The van der Waals surface area contributed by atoms with Gasteiger partial charge in [0.15, 0.2) is 0 Å². The highest BCUT2D eigenvalue weighted by molar-refractivity contribution is 6.35. The molecule has 0 saturated carbocycles. The maximum Gasteiger partial charge on any atom is 0.0913 e. The highest BCUT2D eigenvalue weighted by Gasteiger charge is 2.13. The van der Waals surface area contributed by atoms with E-state index in [2.05, 4.69) is 9.88 Å². The second-order valence-electron chi connectivity index (χ2n) is 4.27. The molecule has 0 saturated heterocycles. The van der Waals surface area contributed by atoms with Crippen molar-refractivity contribution in [1.82, 2.24) is 4.98 Å². The van der Waals surface area contributed by atoms with E-state index in [4.69, 9.17) is 17.3 Å². The number of pyridine rings is 1. The standard InChI is InChI=1S/C13H16ClN3/c1-8-11(7-15)16-12-9(13(8)17(2)3)5-4-6-10(12)14/h4-6H,7,15H2,1-3H3. The van der Waals surface area contributed by atoms with Crippen LogP contribution < -0.4 is 10.6 Å². The van der Waals surface area contributed by atoms with E-state index in [1.54, 1.807) is 0 Å². The number of nitrogens with two attached hydrogens (primary N) is 1. The van der Waals surface area contributed by atoms with E-state index < -0.39 is 0 Å². The van der Waals surface area contributed by atoms with Crippen LogP contribution in [0.5, 0.6) is 0 Å². The van der Waals surface area contributed by atoms with E-state index in [1.165, 1.54) is 0 Å². The van der Waals surface area contributed by atoms with Crippen molar-refractivity contribution >= 4 is 28.2 Å². The molecule has 1 aromatic carbocycles. The van der Waals surface area contributed by atoms with Gasteiger partial charge in [-0.25, -0.2) is 4.98 Å². The van der Waals surface area contributed by atoms with Crippen LogP contribution in [0.15, 0.2) is 18.2 Å². The number of hydrogen-bond donors (Lipinski definition) is 1. The lowest BCUT2D eigenvalue weighted by Gasteiger charge is -2.20. The highest BCUT2D eigenvalue weighted by atomic mass is 35.5. The van der Waals surface area contributed by atoms with Gasteiger partial charge in [-0.1, -0.05) is 23.7 Å². The van der Waals surface area contributed by atoms with Crippen LogP contribution >= 0.6 is 11.6 Å². The molecule has 2 N–H and O–H groups in total. The summed E-state index contributed by atoms with van der Waals surface area (Å²) in [6.07, 6.45) is 0. The number of aromatic nitrogens is 1. The summed E-state index contributed by atoms with van der Waals surface area (Å²) >= 11 is 6.19. The second-order valence-corrected chi connectivity index (χ2v) is 4.67. The Bertz CT molecular complexity index is 564. The lowest BCUT2D eigenvalue weighted by Crippen LogP contribution is -2.14. The van der Waals surface area contributed by atoms with Crippen molar-refractivity contribution in [3.63, 3.8) is 0 Å². The molecule has 0 unspecified atom stereocenters. The molecule has 0 aliphatic heterocycles. The average molecular weight is 250 g/mol. The van der Waals surface area contributed by atoms with Gasteiger partial charge in [0.05, 0.1) is 21.9 Å². The van der Waals surface area contributed by atoms with Gasteiger partial charge in [0.2, 0.25) is 0 Å². The fourth-order valence-corrected chi connectivity index (χ4v) is 2.37.